The van der Waals surface area contributed by atoms with Crippen LogP contribution in [0.15, 0.2) is 91.3 Å². The number of likely N-dealkylation sites (tertiary alicyclic amines) is 1. The van der Waals surface area contributed by atoms with E-state index in [-0.39, 0.29) is 11.3 Å². The average Bonchev–Trinajstić information content (AvgIpc) is 2.89. The van der Waals surface area contributed by atoms with Gasteiger partial charge in [0.15, 0.2) is 0 Å². The highest BCUT2D eigenvalue weighted by molar-refractivity contribution is 5.91. The van der Waals surface area contributed by atoms with Crippen molar-refractivity contribution in [1.82, 2.24) is 15.2 Å². The summed E-state index contributed by atoms with van der Waals surface area (Å²) in [6, 6.07) is 25.8. The number of pyridine rings is 1. The first-order chi connectivity index (χ1) is 16.3. The zero-order valence-corrected chi connectivity index (χ0v) is 19.2. The molecule has 2 heterocycles. The van der Waals surface area contributed by atoms with Gasteiger partial charge in [0.05, 0.1) is 0 Å². The highest BCUT2D eigenvalue weighted by atomic mass is 16.1. The van der Waals surface area contributed by atoms with E-state index in [0.29, 0.717) is 6.54 Å². The minimum absolute atomic E-state index is 0.0488. The van der Waals surface area contributed by atoms with Gasteiger partial charge < -0.3 is 10.2 Å². The standard InChI is InChI=1S/C29H33N3O/c33-28(16-15-25-10-9-19-30-24-25)31-20-7-8-21-32-22-17-29(18-23-32,26-11-3-1-4-12-26)27-13-5-2-6-14-27/h1-6,9-16,19,24H,7-8,17-18,20-23H2,(H,31,33). The molecule has 4 nitrogen and oxygen atoms in total. The van der Waals surface area contributed by atoms with Crippen LogP contribution in [0, 0.1) is 0 Å². The van der Waals surface area contributed by atoms with Gasteiger partial charge >= 0.3 is 0 Å². The molecule has 1 aromatic heterocycles. The van der Waals surface area contributed by atoms with E-state index in [9.17, 15) is 4.79 Å². The third-order valence-electron chi connectivity index (χ3n) is 6.67. The fourth-order valence-electron chi connectivity index (χ4n) is 4.79. The van der Waals surface area contributed by atoms with E-state index in [1.54, 1.807) is 24.5 Å². The van der Waals surface area contributed by atoms with E-state index < -0.39 is 0 Å². The molecule has 4 heteroatoms. The molecule has 0 saturated carbocycles. The summed E-state index contributed by atoms with van der Waals surface area (Å²) in [7, 11) is 0. The predicted octanol–water partition coefficient (Wildman–Crippen LogP) is 5.07. The van der Waals surface area contributed by atoms with Crippen molar-refractivity contribution in [1.29, 1.82) is 0 Å². The van der Waals surface area contributed by atoms with Crippen LogP contribution in [0.2, 0.25) is 0 Å². The van der Waals surface area contributed by atoms with Crippen LogP contribution < -0.4 is 5.32 Å². The lowest BCUT2D eigenvalue weighted by molar-refractivity contribution is -0.116. The fourth-order valence-corrected chi connectivity index (χ4v) is 4.79. The molecule has 2 aromatic carbocycles. The molecule has 1 aliphatic heterocycles. The van der Waals surface area contributed by atoms with Gasteiger partial charge in [-0.1, -0.05) is 66.7 Å². The molecule has 0 aliphatic carbocycles. The molecule has 1 amide bonds. The Balaban J connectivity index is 1.22. The number of aromatic nitrogens is 1. The largest absolute Gasteiger partial charge is 0.353 e. The van der Waals surface area contributed by atoms with Crippen LogP contribution >= 0.6 is 0 Å². The van der Waals surface area contributed by atoms with Crippen molar-refractivity contribution >= 4 is 12.0 Å². The first-order valence-electron chi connectivity index (χ1n) is 12.0. The summed E-state index contributed by atoms with van der Waals surface area (Å²) < 4.78 is 0. The van der Waals surface area contributed by atoms with Gasteiger partial charge in [0.2, 0.25) is 5.91 Å². The Morgan fingerprint density at radius 1 is 0.909 bits per heavy atom. The van der Waals surface area contributed by atoms with Crippen molar-refractivity contribution in [2.24, 2.45) is 0 Å². The number of carbonyl (C=O) groups excluding carboxylic acids is 1. The van der Waals surface area contributed by atoms with Crippen LogP contribution in [0.5, 0.6) is 0 Å². The summed E-state index contributed by atoms with van der Waals surface area (Å²) in [5, 5.41) is 2.98. The Bertz CT molecular complexity index is 969. The zero-order chi connectivity index (χ0) is 22.8. The Kier molecular flexibility index (Phi) is 8.04. The van der Waals surface area contributed by atoms with Gasteiger partial charge in [-0.15, -0.1) is 0 Å². The van der Waals surface area contributed by atoms with Crippen LogP contribution in [0.25, 0.3) is 6.08 Å². The summed E-state index contributed by atoms with van der Waals surface area (Å²) in [6.07, 6.45) is 11.2. The molecule has 1 fully saturated rings. The van der Waals surface area contributed by atoms with E-state index in [2.05, 4.69) is 75.9 Å². The summed E-state index contributed by atoms with van der Waals surface area (Å²) >= 11 is 0. The Morgan fingerprint density at radius 3 is 2.18 bits per heavy atom. The lowest BCUT2D eigenvalue weighted by atomic mass is 9.68. The molecule has 0 bridgehead atoms. The van der Waals surface area contributed by atoms with Gasteiger partial charge in [-0.25, -0.2) is 0 Å². The molecule has 0 radical (unpaired) electrons. The minimum Gasteiger partial charge on any atom is -0.353 e. The molecule has 3 aromatic rings. The SMILES string of the molecule is O=C(C=Cc1cccnc1)NCCCCN1CCC(c2ccccc2)(c2ccccc2)CC1. The van der Waals surface area contributed by atoms with E-state index >= 15 is 0 Å². The van der Waals surface area contributed by atoms with Crippen molar-refractivity contribution in [2.75, 3.05) is 26.2 Å². The lowest BCUT2D eigenvalue weighted by Gasteiger charge is -2.43. The maximum Gasteiger partial charge on any atom is 0.243 e. The van der Waals surface area contributed by atoms with Crippen LogP contribution in [0.1, 0.15) is 42.4 Å². The normalized spacial score (nSPS) is 16.0. The molecule has 0 atom stereocenters. The molecule has 170 valence electrons. The van der Waals surface area contributed by atoms with Crippen LogP contribution in [-0.4, -0.2) is 42.0 Å². The quantitative estimate of drug-likeness (QED) is 0.374. The number of hydrogen-bond acceptors (Lipinski definition) is 3. The number of hydrogen-bond donors (Lipinski definition) is 1. The van der Waals surface area contributed by atoms with Gasteiger partial charge in [0.1, 0.15) is 0 Å². The third-order valence-corrected chi connectivity index (χ3v) is 6.67. The second-order valence-electron chi connectivity index (χ2n) is 8.77. The molecular formula is C29H33N3O. The fraction of sp³-hybridized carbons (Fsp3) is 0.310. The molecular weight excluding hydrogens is 406 g/mol. The monoisotopic (exact) mass is 439 g/mol. The molecule has 0 unspecified atom stereocenters. The number of benzene rings is 2. The maximum atomic E-state index is 12.0. The highest BCUT2D eigenvalue weighted by Crippen LogP contribution is 2.41. The summed E-state index contributed by atoms with van der Waals surface area (Å²) in [5.41, 5.74) is 3.89. The summed E-state index contributed by atoms with van der Waals surface area (Å²) in [4.78, 5) is 18.6. The Morgan fingerprint density at radius 2 is 1.58 bits per heavy atom. The topological polar surface area (TPSA) is 45.2 Å². The van der Waals surface area contributed by atoms with Crippen molar-refractivity contribution in [2.45, 2.75) is 31.1 Å². The highest BCUT2D eigenvalue weighted by Gasteiger charge is 2.37. The van der Waals surface area contributed by atoms with Gasteiger partial charge in [-0.2, -0.15) is 0 Å². The molecule has 1 saturated heterocycles. The van der Waals surface area contributed by atoms with Gasteiger partial charge in [-0.05, 0) is 74.2 Å². The first-order valence-corrected chi connectivity index (χ1v) is 12.0. The Labute approximate surface area is 197 Å². The number of piperidine rings is 1. The van der Waals surface area contributed by atoms with Crippen molar-refractivity contribution in [3.05, 3.63) is 108 Å². The average molecular weight is 440 g/mol. The van der Waals surface area contributed by atoms with E-state index in [1.807, 2.05) is 12.1 Å². The van der Waals surface area contributed by atoms with E-state index in [4.69, 9.17) is 0 Å². The van der Waals surface area contributed by atoms with Gasteiger partial charge in [0, 0.05) is 30.4 Å². The number of rotatable bonds is 9. The molecule has 33 heavy (non-hydrogen) atoms. The van der Waals surface area contributed by atoms with Gasteiger partial charge in [-0.3, -0.25) is 9.78 Å². The smallest absolute Gasteiger partial charge is 0.243 e. The van der Waals surface area contributed by atoms with Crippen LogP contribution in [0.3, 0.4) is 0 Å². The maximum absolute atomic E-state index is 12.0. The first kappa shape index (κ1) is 22.9. The van der Waals surface area contributed by atoms with E-state index in [1.165, 1.54) is 11.1 Å². The molecule has 0 spiro atoms. The van der Waals surface area contributed by atoms with Crippen molar-refractivity contribution < 1.29 is 4.79 Å². The number of unbranched alkanes of at least 4 members (excludes halogenated alkanes) is 1. The molecule has 1 N–H and O–H groups in total. The van der Waals surface area contributed by atoms with Crippen molar-refractivity contribution in [3.63, 3.8) is 0 Å². The number of amides is 1. The number of nitrogens with one attached hydrogen (secondary N) is 1. The van der Waals surface area contributed by atoms with E-state index in [0.717, 1.165) is 50.9 Å². The molecule has 4 rings (SSSR count). The Hall–Kier alpha value is -3.24. The third kappa shape index (κ3) is 6.17. The minimum atomic E-state index is -0.0488. The summed E-state index contributed by atoms with van der Waals surface area (Å²) in [5.74, 6) is -0.0488. The lowest BCUT2D eigenvalue weighted by Crippen LogP contribution is -2.43. The summed E-state index contributed by atoms with van der Waals surface area (Å²) in [6.45, 7) is 4.00. The predicted molar refractivity (Wildman–Crippen MR) is 135 cm³/mol. The van der Waals surface area contributed by atoms with Crippen LogP contribution in [0.4, 0.5) is 0 Å². The van der Waals surface area contributed by atoms with Crippen molar-refractivity contribution in [3.8, 4) is 0 Å². The second-order valence-corrected chi connectivity index (χ2v) is 8.77. The number of nitrogens with zero attached hydrogens (tertiary/aromatic N) is 2. The second kappa shape index (κ2) is 11.6. The van der Waals surface area contributed by atoms with Gasteiger partial charge in [0.25, 0.3) is 0 Å². The number of carbonyl (C=O) groups is 1. The molecule has 1 aliphatic rings. The van der Waals surface area contributed by atoms with Crippen LogP contribution in [-0.2, 0) is 10.2 Å². The zero-order valence-electron chi connectivity index (χ0n) is 19.2.